The Hall–Kier alpha value is -0.640. The van der Waals surface area contributed by atoms with Crippen molar-refractivity contribution in [2.75, 3.05) is 6.54 Å². The van der Waals surface area contributed by atoms with Crippen molar-refractivity contribution >= 4 is 0 Å². The highest BCUT2D eigenvalue weighted by Crippen LogP contribution is 2.37. The van der Waals surface area contributed by atoms with Gasteiger partial charge < -0.3 is 5.11 Å². The summed E-state index contributed by atoms with van der Waals surface area (Å²) in [5, 5.41) is 20.1. The van der Waals surface area contributed by atoms with Gasteiger partial charge in [-0.1, -0.05) is 26.0 Å². The van der Waals surface area contributed by atoms with Gasteiger partial charge in [0.25, 0.3) is 0 Å². The van der Waals surface area contributed by atoms with Gasteiger partial charge in [-0.3, -0.25) is 0 Å². The van der Waals surface area contributed by atoms with Gasteiger partial charge in [-0.25, -0.2) is 5.01 Å². The number of rotatable bonds is 1. The van der Waals surface area contributed by atoms with Gasteiger partial charge in [0.2, 0.25) is 0 Å². The van der Waals surface area contributed by atoms with Crippen LogP contribution in [0.3, 0.4) is 0 Å². The average molecular weight is 199 g/mol. The zero-order valence-electron chi connectivity index (χ0n) is 10.00. The molecule has 0 aromatic rings. The highest BCUT2D eigenvalue weighted by molar-refractivity contribution is 4.98. The minimum atomic E-state index is -0.986. The maximum absolute atomic E-state index is 10.3. The smallest absolute Gasteiger partial charge is 0.178 e. The molecule has 1 rings (SSSR count). The maximum Gasteiger partial charge on any atom is 0.178 e. The highest BCUT2D eigenvalue weighted by Gasteiger charge is 2.50. The third-order valence-corrected chi connectivity index (χ3v) is 2.69. The minimum absolute atomic E-state index is 0.101. The van der Waals surface area contributed by atoms with E-state index in [0.717, 1.165) is 0 Å². The molecule has 0 aromatic carbocycles. The van der Waals surface area contributed by atoms with E-state index in [1.807, 2.05) is 13.8 Å². The lowest BCUT2D eigenvalue weighted by Crippen LogP contribution is -2.54. The van der Waals surface area contributed by atoms with Gasteiger partial charge in [0.15, 0.2) is 5.72 Å². The summed E-state index contributed by atoms with van der Waals surface area (Å²) < 4.78 is 0. The fraction of sp³-hybridized carbons (Fsp3) is 1.00. The molecule has 0 amide bonds. The molecule has 4 heteroatoms. The molecule has 0 aliphatic carbocycles. The van der Waals surface area contributed by atoms with Crippen molar-refractivity contribution < 1.29 is 5.11 Å². The molecule has 1 atom stereocenters. The minimum Gasteiger partial charge on any atom is -0.367 e. The van der Waals surface area contributed by atoms with Crippen molar-refractivity contribution in [3.63, 3.8) is 0 Å². The second kappa shape index (κ2) is 2.92. The molecule has 0 radical (unpaired) electrons. The van der Waals surface area contributed by atoms with Crippen LogP contribution in [0.5, 0.6) is 0 Å². The molecular formula is C10H21N3O. The molecule has 0 aromatic heterocycles. The van der Waals surface area contributed by atoms with Gasteiger partial charge in [0.05, 0.1) is 0 Å². The lowest BCUT2D eigenvalue weighted by molar-refractivity contribution is -0.120. The van der Waals surface area contributed by atoms with Gasteiger partial charge in [-0.05, 0) is 26.2 Å². The molecule has 0 fully saturated rings. The third-order valence-electron chi connectivity index (χ3n) is 2.69. The molecule has 0 bridgehead atoms. The molecule has 0 saturated heterocycles. The standard InChI is InChI=1S/C10H21N3O/c1-8(2,3)7-13-10(6,14)9(4,5)11-12-13/h14H,7H2,1-6H3/t10-/m0/s1. The number of aliphatic hydroxyl groups is 1. The zero-order valence-corrected chi connectivity index (χ0v) is 10.00. The highest BCUT2D eigenvalue weighted by atomic mass is 16.3. The summed E-state index contributed by atoms with van der Waals surface area (Å²) in [6.07, 6.45) is 0. The molecule has 0 saturated carbocycles. The van der Waals surface area contributed by atoms with Crippen molar-refractivity contribution in [2.45, 2.75) is 52.8 Å². The Morgan fingerprint density at radius 2 is 1.71 bits per heavy atom. The van der Waals surface area contributed by atoms with Crippen molar-refractivity contribution in [3.05, 3.63) is 0 Å². The summed E-state index contributed by atoms with van der Waals surface area (Å²) in [6, 6.07) is 0. The second-order valence-corrected chi connectivity index (χ2v) is 5.89. The lowest BCUT2D eigenvalue weighted by atomic mass is 9.90. The van der Waals surface area contributed by atoms with Crippen molar-refractivity contribution in [1.29, 1.82) is 0 Å². The second-order valence-electron chi connectivity index (χ2n) is 5.89. The lowest BCUT2D eigenvalue weighted by Gasteiger charge is -2.38. The molecule has 4 nitrogen and oxygen atoms in total. The van der Waals surface area contributed by atoms with Crippen molar-refractivity contribution in [2.24, 2.45) is 15.8 Å². The van der Waals surface area contributed by atoms with E-state index in [9.17, 15) is 5.11 Å². The van der Waals surface area contributed by atoms with E-state index in [2.05, 4.69) is 31.1 Å². The summed E-state index contributed by atoms with van der Waals surface area (Å²) in [7, 11) is 0. The summed E-state index contributed by atoms with van der Waals surface area (Å²) in [5.74, 6) is 0. The SMILES string of the molecule is CC(C)(C)CN1N=NC(C)(C)[C@]1(C)O. The first-order valence-electron chi connectivity index (χ1n) is 4.99. The fourth-order valence-corrected chi connectivity index (χ4v) is 1.30. The van der Waals surface area contributed by atoms with Crippen LogP contribution >= 0.6 is 0 Å². The summed E-state index contributed by atoms with van der Waals surface area (Å²) >= 11 is 0. The Morgan fingerprint density at radius 3 is 2.00 bits per heavy atom. The Kier molecular flexibility index (Phi) is 2.39. The van der Waals surface area contributed by atoms with Crippen LogP contribution in [0.15, 0.2) is 10.3 Å². The first-order chi connectivity index (χ1) is 6.06. The average Bonchev–Trinajstić information content (AvgIpc) is 2.10. The van der Waals surface area contributed by atoms with E-state index >= 15 is 0 Å². The maximum atomic E-state index is 10.3. The topological polar surface area (TPSA) is 48.2 Å². The Balaban J connectivity index is 2.81. The van der Waals surface area contributed by atoms with Crippen LogP contribution in [-0.4, -0.2) is 27.9 Å². The van der Waals surface area contributed by atoms with E-state index in [-0.39, 0.29) is 5.41 Å². The van der Waals surface area contributed by atoms with Crippen LogP contribution in [0.25, 0.3) is 0 Å². The Labute approximate surface area is 86.0 Å². The Bertz CT molecular complexity index is 251. The quantitative estimate of drug-likeness (QED) is 0.703. The van der Waals surface area contributed by atoms with Crippen LogP contribution in [-0.2, 0) is 0 Å². The number of nitrogens with zero attached hydrogens (tertiary/aromatic N) is 3. The summed E-state index contributed by atoms with van der Waals surface area (Å²) in [6.45, 7) is 12.6. The normalized spacial score (nSPS) is 31.2. The number of hydrogen-bond donors (Lipinski definition) is 1. The number of hydrogen-bond acceptors (Lipinski definition) is 4. The zero-order chi connectivity index (χ0) is 11.2. The van der Waals surface area contributed by atoms with E-state index < -0.39 is 11.3 Å². The molecule has 0 unspecified atom stereocenters. The van der Waals surface area contributed by atoms with E-state index in [1.54, 1.807) is 11.9 Å². The molecular weight excluding hydrogens is 178 g/mol. The molecule has 1 N–H and O–H groups in total. The van der Waals surface area contributed by atoms with E-state index in [4.69, 9.17) is 0 Å². The van der Waals surface area contributed by atoms with Gasteiger partial charge in [-0.15, -0.1) is 0 Å². The summed E-state index contributed by atoms with van der Waals surface area (Å²) in [4.78, 5) is 0. The first-order valence-corrected chi connectivity index (χ1v) is 4.99. The van der Waals surface area contributed by atoms with Gasteiger partial charge in [0, 0.05) is 6.54 Å². The van der Waals surface area contributed by atoms with Crippen LogP contribution in [0.2, 0.25) is 0 Å². The molecule has 1 aliphatic heterocycles. The predicted molar refractivity (Wildman–Crippen MR) is 55.7 cm³/mol. The predicted octanol–water partition coefficient (Wildman–Crippen LogP) is 2.20. The van der Waals surface area contributed by atoms with Gasteiger partial charge >= 0.3 is 0 Å². The van der Waals surface area contributed by atoms with Crippen LogP contribution in [0.1, 0.15) is 41.5 Å². The van der Waals surface area contributed by atoms with Gasteiger partial charge in [-0.2, -0.15) is 5.11 Å². The monoisotopic (exact) mass is 199 g/mol. The van der Waals surface area contributed by atoms with E-state index in [1.165, 1.54) is 0 Å². The van der Waals surface area contributed by atoms with Crippen molar-refractivity contribution in [1.82, 2.24) is 5.01 Å². The molecule has 1 aliphatic rings. The largest absolute Gasteiger partial charge is 0.367 e. The van der Waals surface area contributed by atoms with Crippen LogP contribution in [0, 0.1) is 5.41 Å². The van der Waals surface area contributed by atoms with Gasteiger partial charge in [0.1, 0.15) is 5.54 Å². The first kappa shape index (κ1) is 11.4. The molecule has 82 valence electrons. The fourth-order valence-electron chi connectivity index (χ4n) is 1.30. The van der Waals surface area contributed by atoms with Crippen molar-refractivity contribution in [3.8, 4) is 0 Å². The summed E-state index contributed by atoms with van der Waals surface area (Å²) in [5.41, 5.74) is -1.41. The van der Waals surface area contributed by atoms with E-state index in [0.29, 0.717) is 6.54 Å². The molecule has 0 spiro atoms. The van der Waals surface area contributed by atoms with Crippen LogP contribution in [0.4, 0.5) is 0 Å². The molecule has 14 heavy (non-hydrogen) atoms. The third kappa shape index (κ3) is 1.90. The Morgan fingerprint density at radius 1 is 1.21 bits per heavy atom. The van der Waals surface area contributed by atoms with Crippen LogP contribution < -0.4 is 0 Å². The molecule has 1 heterocycles.